The first-order valence-corrected chi connectivity index (χ1v) is 9.16. The van der Waals surface area contributed by atoms with Crippen LogP contribution in [-0.4, -0.2) is 55.0 Å². The molecule has 1 fully saturated rings. The third kappa shape index (κ3) is 4.59. The Morgan fingerprint density at radius 3 is 2.29 bits per heavy atom. The summed E-state index contributed by atoms with van der Waals surface area (Å²) in [7, 11) is 0. The van der Waals surface area contributed by atoms with Gasteiger partial charge in [0.25, 0.3) is 0 Å². The van der Waals surface area contributed by atoms with Gasteiger partial charge in [-0.2, -0.15) is 0 Å². The lowest BCUT2D eigenvalue weighted by atomic mass is 10.2. The predicted molar refractivity (Wildman–Crippen MR) is 101 cm³/mol. The van der Waals surface area contributed by atoms with Crippen LogP contribution >= 0.6 is 0 Å². The number of imide groups is 2. The lowest BCUT2D eigenvalue weighted by Crippen LogP contribution is -2.42. The van der Waals surface area contributed by atoms with Crippen molar-refractivity contribution in [2.24, 2.45) is 5.92 Å². The minimum atomic E-state index is -1.04. The van der Waals surface area contributed by atoms with Gasteiger partial charge in [0.15, 0.2) is 11.5 Å². The van der Waals surface area contributed by atoms with Crippen LogP contribution in [0.3, 0.4) is 0 Å². The Morgan fingerprint density at radius 2 is 1.68 bits per heavy atom. The third-order valence-corrected chi connectivity index (χ3v) is 3.85. The van der Waals surface area contributed by atoms with E-state index in [4.69, 9.17) is 9.47 Å². The van der Waals surface area contributed by atoms with E-state index < -0.39 is 30.3 Å². The Hall–Kier alpha value is -3.10. The highest BCUT2D eigenvalue weighted by molar-refractivity contribution is 6.53. The number of ether oxygens (including phenoxy) is 2. The van der Waals surface area contributed by atoms with E-state index >= 15 is 0 Å². The van der Waals surface area contributed by atoms with Gasteiger partial charge in [-0.25, -0.2) is 14.6 Å². The number of carbonyl (C=O) groups is 4. The molecular formula is C19H25N3O6. The highest BCUT2D eigenvalue weighted by atomic mass is 16.5. The van der Waals surface area contributed by atoms with Gasteiger partial charge in [-0.1, -0.05) is 13.8 Å². The van der Waals surface area contributed by atoms with E-state index in [9.17, 15) is 19.2 Å². The van der Waals surface area contributed by atoms with Gasteiger partial charge in [-0.15, -0.1) is 0 Å². The number of urea groups is 1. The molecule has 152 valence electrons. The zero-order valence-electron chi connectivity index (χ0n) is 16.5. The lowest BCUT2D eigenvalue weighted by molar-refractivity contribution is -0.140. The van der Waals surface area contributed by atoms with E-state index in [0.717, 1.165) is 4.90 Å². The molecule has 1 heterocycles. The molecule has 1 N–H and O–H groups in total. The summed E-state index contributed by atoms with van der Waals surface area (Å²) in [4.78, 5) is 50.6. The molecule has 0 bridgehead atoms. The van der Waals surface area contributed by atoms with Gasteiger partial charge < -0.3 is 14.8 Å². The van der Waals surface area contributed by atoms with Crippen molar-refractivity contribution in [2.75, 3.05) is 31.2 Å². The topological polar surface area (TPSA) is 105 Å². The van der Waals surface area contributed by atoms with E-state index in [0.29, 0.717) is 36.2 Å². The number of hydrogen-bond donors (Lipinski definition) is 1. The van der Waals surface area contributed by atoms with Crippen LogP contribution in [0, 0.1) is 5.92 Å². The summed E-state index contributed by atoms with van der Waals surface area (Å²) < 4.78 is 11.0. The fraction of sp³-hybridized carbons (Fsp3) is 0.474. The van der Waals surface area contributed by atoms with Gasteiger partial charge in [0.1, 0.15) is 6.54 Å². The Labute approximate surface area is 163 Å². The van der Waals surface area contributed by atoms with Crippen molar-refractivity contribution in [3.8, 4) is 11.5 Å². The highest BCUT2D eigenvalue weighted by Gasteiger charge is 2.46. The van der Waals surface area contributed by atoms with Crippen LogP contribution in [0.5, 0.6) is 11.5 Å². The standard InChI is InChI=1S/C19H25N3O6/c1-5-27-14-8-7-13(9-15(14)28-6-2)22-18(25)17(24)21(19(22)26)11-16(23)20-10-12(3)4/h7-9,12H,5-6,10-11H2,1-4H3,(H,20,23). The Balaban J connectivity index is 2.23. The van der Waals surface area contributed by atoms with Crippen molar-refractivity contribution in [2.45, 2.75) is 27.7 Å². The van der Waals surface area contributed by atoms with Crippen molar-refractivity contribution in [3.05, 3.63) is 18.2 Å². The second kappa shape index (κ2) is 9.20. The quantitative estimate of drug-likeness (QED) is 0.506. The molecule has 5 amide bonds. The molecule has 0 atom stereocenters. The van der Waals surface area contributed by atoms with Crippen LogP contribution in [0.15, 0.2) is 18.2 Å². The summed E-state index contributed by atoms with van der Waals surface area (Å²) >= 11 is 0. The molecule has 0 aliphatic carbocycles. The molecule has 9 heteroatoms. The molecule has 1 aliphatic heterocycles. The Bertz CT molecular complexity index is 777. The smallest absolute Gasteiger partial charge is 0.339 e. The van der Waals surface area contributed by atoms with Crippen LogP contribution in [-0.2, 0) is 14.4 Å². The molecule has 2 rings (SSSR count). The summed E-state index contributed by atoms with van der Waals surface area (Å²) in [6.45, 7) is 8.10. The minimum Gasteiger partial charge on any atom is -0.490 e. The number of anilines is 1. The fourth-order valence-electron chi connectivity index (χ4n) is 2.57. The first kappa shape index (κ1) is 21.2. The van der Waals surface area contributed by atoms with Gasteiger partial charge in [0.2, 0.25) is 5.91 Å². The zero-order valence-corrected chi connectivity index (χ0v) is 16.5. The molecule has 0 radical (unpaired) electrons. The first-order chi connectivity index (χ1) is 13.3. The van der Waals surface area contributed by atoms with E-state index in [1.54, 1.807) is 13.0 Å². The molecule has 0 spiro atoms. The lowest BCUT2D eigenvalue weighted by Gasteiger charge is -2.18. The second-order valence-electron chi connectivity index (χ2n) is 6.51. The zero-order chi connectivity index (χ0) is 20.8. The van der Waals surface area contributed by atoms with Crippen molar-refractivity contribution in [1.29, 1.82) is 0 Å². The maximum Gasteiger partial charge on any atom is 0.339 e. The molecule has 9 nitrogen and oxygen atoms in total. The van der Waals surface area contributed by atoms with Gasteiger partial charge in [0.05, 0.1) is 18.9 Å². The third-order valence-electron chi connectivity index (χ3n) is 3.85. The van der Waals surface area contributed by atoms with Crippen molar-refractivity contribution in [3.63, 3.8) is 0 Å². The summed E-state index contributed by atoms with van der Waals surface area (Å²) in [5.41, 5.74) is 0.167. The van der Waals surface area contributed by atoms with E-state index in [2.05, 4.69) is 5.32 Å². The van der Waals surface area contributed by atoms with E-state index in [1.165, 1.54) is 12.1 Å². The monoisotopic (exact) mass is 391 g/mol. The summed E-state index contributed by atoms with van der Waals surface area (Å²) in [5.74, 6) is -1.55. The summed E-state index contributed by atoms with van der Waals surface area (Å²) in [6, 6.07) is 3.63. The molecule has 0 aromatic heterocycles. The number of amides is 5. The molecule has 28 heavy (non-hydrogen) atoms. The SMILES string of the molecule is CCOc1ccc(N2C(=O)C(=O)N(CC(=O)NCC(C)C)C2=O)cc1OCC. The minimum absolute atomic E-state index is 0.167. The number of hydrogen-bond acceptors (Lipinski definition) is 6. The number of nitrogens with one attached hydrogen (secondary N) is 1. The largest absolute Gasteiger partial charge is 0.490 e. The van der Waals surface area contributed by atoms with Crippen molar-refractivity contribution < 1.29 is 28.7 Å². The van der Waals surface area contributed by atoms with Gasteiger partial charge in [-0.05, 0) is 31.9 Å². The molecule has 1 aromatic rings. The van der Waals surface area contributed by atoms with Crippen LogP contribution in [0.4, 0.5) is 10.5 Å². The predicted octanol–water partition coefficient (Wildman–Crippen LogP) is 1.55. The molecule has 1 saturated heterocycles. The van der Waals surface area contributed by atoms with Gasteiger partial charge in [0, 0.05) is 12.6 Å². The van der Waals surface area contributed by atoms with Crippen LogP contribution in [0.1, 0.15) is 27.7 Å². The normalized spacial score (nSPS) is 14.1. The Morgan fingerprint density at radius 1 is 1.04 bits per heavy atom. The number of rotatable bonds is 9. The molecular weight excluding hydrogens is 366 g/mol. The summed E-state index contributed by atoms with van der Waals surface area (Å²) in [6.07, 6.45) is 0. The first-order valence-electron chi connectivity index (χ1n) is 9.16. The fourth-order valence-corrected chi connectivity index (χ4v) is 2.57. The average Bonchev–Trinajstić information content (AvgIpc) is 2.85. The molecule has 1 aliphatic rings. The van der Waals surface area contributed by atoms with Gasteiger partial charge in [-0.3, -0.25) is 14.4 Å². The average molecular weight is 391 g/mol. The molecule has 0 unspecified atom stereocenters. The maximum absolute atomic E-state index is 12.6. The van der Waals surface area contributed by atoms with Crippen LogP contribution in [0.25, 0.3) is 0 Å². The van der Waals surface area contributed by atoms with Gasteiger partial charge >= 0.3 is 17.8 Å². The van der Waals surface area contributed by atoms with Crippen LogP contribution < -0.4 is 19.7 Å². The van der Waals surface area contributed by atoms with Crippen LogP contribution in [0.2, 0.25) is 0 Å². The Kier molecular flexibility index (Phi) is 6.97. The summed E-state index contributed by atoms with van der Waals surface area (Å²) in [5, 5.41) is 2.62. The van der Waals surface area contributed by atoms with E-state index in [1.807, 2.05) is 20.8 Å². The second-order valence-corrected chi connectivity index (χ2v) is 6.51. The van der Waals surface area contributed by atoms with E-state index in [-0.39, 0.29) is 11.6 Å². The maximum atomic E-state index is 12.6. The highest BCUT2D eigenvalue weighted by Crippen LogP contribution is 2.33. The number of benzene rings is 1. The van der Waals surface area contributed by atoms with Crippen molar-refractivity contribution >= 4 is 29.4 Å². The number of nitrogens with zero attached hydrogens (tertiary/aromatic N) is 2. The number of carbonyl (C=O) groups excluding carboxylic acids is 4. The molecule has 0 saturated carbocycles. The van der Waals surface area contributed by atoms with Crippen molar-refractivity contribution in [1.82, 2.24) is 10.2 Å². The molecule has 1 aromatic carbocycles.